The van der Waals surface area contributed by atoms with E-state index in [0.29, 0.717) is 33.5 Å². The number of anilines is 1. The van der Waals surface area contributed by atoms with Crippen LogP contribution in [0.4, 0.5) is 5.69 Å². The number of carbonyl (C=O) groups is 1. The molecule has 29 heavy (non-hydrogen) atoms. The highest BCUT2D eigenvalue weighted by Crippen LogP contribution is 2.32. The van der Waals surface area contributed by atoms with Crippen LogP contribution in [-0.4, -0.2) is 22.7 Å². The second-order valence-electron chi connectivity index (χ2n) is 6.22. The summed E-state index contributed by atoms with van der Waals surface area (Å²) >= 11 is 11.4. The van der Waals surface area contributed by atoms with Crippen LogP contribution in [0.25, 0.3) is 11.3 Å². The van der Waals surface area contributed by atoms with Crippen LogP contribution in [0.15, 0.2) is 59.0 Å². The molecule has 0 saturated heterocycles. The highest BCUT2D eigenvalue weighted by molar-refractivity contribution is 7.80. The monoisotopic (exact) mass is 430 g/mol. The number of benzene rings is 2. The summed E-state index contributed by atoms with van der Waals surface area (Å²) in [7, 11) is 0. The van der Waals surface area contributed by atoms with Gasteiger partial charge in [-0.3, -0.25) is 10.1 Å². The molecule has 8 heteroatoms. The molecule has 6 nitrogen and oxygen atoms in total. The van der Waals surface area contributed by atoms with Crippen molar-refractivity contribution in [2.75, 3.05) is 11.9 Å². The largest absolute Gasteiger partial charge is 0.484 e. The summed E-state index contributed by atoms with van der Waals surface area (Å²) in [6.45, 7) is 1.61. The van der Waals surface area contributed by atoms with Crippen molar-refractivity contribution in [2.24, 2.45) is 0 Å². The molecule has 0 bridgehead atoms. The van der Waals surface area contributed by atoms with Crippen LogP contribution in [0.1, 0.15) is 11.3 Å². The Balaban J connectivity index is 1.57. The quantitative estimate of drug-likeness (QED) is 0.506. The van der Waals surface area contributed by atoms with E-state index < -0.39 is 0 Å². The molecule has 0 spiro atoms. The lowest BCUT2D eigenvalue weighted by molar-refractivity contribution is -0.121. The molecular weight excluding hydrogens is 412 g/mol. The number of rotatable bonds is 6. The number of hydrogen-bond donors (Lipinski definition) is 3. The second-order valence-corrected chi connectivity index (χ2v) is 7.04. The van der Waals surface area contributed by atoms with Gasteiger partial charge in [0.15, 0.2) is 11.7 Å². The van der Waals surface area contributed by atoms with Crippen molar-refractivity contribution in [2.45, 2.75) is 13.5 Å². The number of carbonyl (C=O) groups excluding carboxylic acids is 1. The average Bonchev–Trinajstić information content (AvgIpc) is 3.18. The molecule has 0 fully saturated rings. The van der Waals surface area contributed by atoms with Crippen molar-refractivity contribution < 1.29 is 19.1 Å². The third-order valence-corrected chi connectivity index (χ3v) is 4.48. The molecule has 1 heterocycles. The van der Waals surface area contributed by atoms with Crippen LogP contribution in [0.3, 0.4) is 0 Å². The van der Waals surface area contributed by atoms with Crippen LogP contribution in [0.5, 0.6) is 5.75 Å². The highest BCUT2D eigenvalue weighted by atomic mass is 35.5. The Morgan fingerprint density at radius 2 is 1.93 bits per heavy atom. The molecule has 0 atom stereocenters. The molecule has 1 amide bonds. The number of hydrogen-bond acceptors (Lipinski definition) is 5. The first-order valence-electron chi connectivity index (χ1n) is 8.74. The fourth-order valence-corrected chi connectivity index (χ4v) is 2.95. The Morgan fingerprint density at radius 3 is 2.62 bits per heavy atom. The van der Waals surface area contributed by atoms with Gasteiger partial charge in [-0.1, -0.05) is 29.3 Å². The van der Waals surface area contributed by atoms with Gasteiger partial charge in [0.25, 0.3) is 5.91 Å². The molecule has 3 aromatic rings. The van der Waals surface area contributed by atoms with Gasteiger partial charge >= 0.3 is 0 Å². The van der Waals surface area contributed by atoms with Crippen molar-refractivity contribution in [1.82, 2.24) is 5.32 Å². The summed E-state index contributed by atoms with van der Waals surface area (Å²) in [6.07, 6.45) is 0. The van der Waals surface area contributed by atoms with E-state index >= 15 is 0 Å². The summed E-state index contributed by atoms with van der Waals surface area (Å²) in [6, 6.07) is 15.9. The number of amides is 1. The number of aliphatic hydroxyl groups is 1. The van der Waals surface area contributed by atoms with Crippen molar-refractivity contribution in [3.05, 3.63) is 70.9 Å². The van der Waals surface area contributed by atoms with Gasteiger partial charge < -0.3 is 19.6 Å². The molecule has 0 radical (unpaired) electrons. The van der Waals surface area contributed by atoms with Gasteiger partial charge in [0.1, 0.15) is 23.9 Å². The standard InChI is InChI=1S/C21H19ClN2O4S/c1-13-2-5-15(6-3-13)27-12-20(26)24-21(29)23-14-4-8-18(22)17(10-14)19-9-7-16(11-25)28-19/h2-10,25H,11-12H2,1H3,(H2,23,24,26,29). The predicted octanol–water partition coefficient (Wildman–Crippen LogP) is 4.29. The maximum Gasteiger partial charge on any atom is 0.264 e. The minimum Gasteiger partial charge on any atom is -0.484 e. The van der Waals surface area contributed by atoms with Gasteiger partial charge in [-0.25, -0.2) is 0 Å². The summed E-state index contributed by atoms with van der Waals surface area (Å²) in [5.41, 5.74) is 2.36. The third-order valence-electron chi connectivity index (χ3n) is 3.95. The lowest BCUT2D eigenvalue weighted by Crippen LogP contribution is -2.37. The zero-order valence-corrected chi connectivity index (χ0v) is 17.1. The molecule has 1 aromatic heterocycles. The van der Waals surface area contributed by atoms with Gasteiger partial charge in [-0.05, 0) is 61.6 Å². The number of aliphatic hydroxyl groups excluding tert-OH is 1. The van der Waals surface area contributed by atoms with Gasteiger partial charge in [0.05, 0.1) is 5.02 Å². The van der Waals surface area contributed by atoms with Crippen LogP contribution >= 0.6 is 23.8 Å². The minimum absolute atomic E-state index is 0.131. The van der Waals surface area contributed by atoms with Crippen molar-refractivity contribution in [1.29, 1.82) is 0 Å². The molecule has 3 rings (SSSR count). The van der Waals surface area contributed by atoms with Crippen LogP contribution in [-0.2, 0) is 11.4 Å². The summed E-state index contributed by atoms with van der Waals surface area (Å²) in [5, 5.41) is 15.3. The van der Waals surface area contributed by atoms with Crippen molar-refractivity contribution in [3.8, 4) is 17.1 Å². The van der Waals surface area contributed by atoms with Gasteiger partial charge in [0.2, 0.25) is 0 Å². The molecule has 0 aliphatic rings. The maximum absolute atomic E-state index is 12.0. The number of furan rings is 1. The first-order chi connectivity index (χ1) is 13.9. The topological polar surface area (TPSA) is 83.7 Å². The van der Waals surface area contributed by atoms with E-state index in [4.69, 9.17) is 38.1 Å². The molecule has 0 unspecified atom stereocenters. The van der Waals surface area contributed by atoms with Crippen LogP contribution < -0.4 is 15.4 Å². The SMILES string of the molecule is Cc1ccc(OCC(=O)NC(=S)Nc2ccc(Cl)c(-c3ccc(CO)o3)c2)cc1. The molecule has 0 saturated carbocycles. The predicted molar refractivity (Wildman–Crippen MR) is 116 cm³/mol. The fraction of sp³-hybridized carbons (Fsp3) is 0.143. The summed E-state index contributed by atoms with van der Waals surface area (Å²) in [5.74, 6) is 1.18. The van der Waals surface area contributed by atoms with Crippen molar-refractivity contribution >= 4 is 40.5 Å². The van der Waals surface area contributed by atoms with E-state index in [9.17, 15) is 4.79 Å². The van der Waals surface area contributed by atoms with Crippen LogP contribution in [0, 0.1) is 6.92 Å². The second kappa shape index (κ2) is 9.56. The third kappa shape index (κ3) is 5.80. The van der Waals surface area contributed by atoms with Crippen LogP contribution in [0.2, 0.25) is 5.02 Å². The summed E-state index contributed by atoms with van der Waals surface area (Å²) < 4.78 is 11.0. The Morgan fingerprint density at radius 1 is 1.17 bits per heavy atom. The lowest BCUT2D eigenvalue weighted by Gasteiger charge is -2.12. The van der Waals surface area contributed by atoms with Crippen molar-refractivity contribution in [3.63, 3.8) is 0 Å². The van der Waals surface area contributed by atoms with Gasteiger partial charge in [0, 0.05) is 11.3 Å². The number of thiocarbonyl (C=S) groups is 1. The first-order valence-corrected chi connectivity index (χ1v) is 9.53. The molecule has 0 aliphatic heterocycles. The zero-order valence-electron chi connectivity index (χ0n) is 15.6. The number of nitrogens with one attached hydrogen (secondary N) is 2. The van der Waals surface area contributed by atoms with Gasteiger partial charge in [-0.15, -0.1) is 0 Å². The molecular formula is C21H19ClN2O4S. The number of halogens is 1. The number of aryl methyl sites for hydroxylation is 1. The lowest BCUT2D eigenvalue weighted by atomic mass is 10.1. The maximum atomic E-state index is 12.0. The molecule has 3 N–H and O–H groups in total. The smallest absolute Gasteiger partial charge is 0.264 e. The highest BCUT2D eigenvalue weighted by Gasteiger charge is 2.11. The van der Waals surface area contributed by atoms with E-state index in [1.807, 2.05) is 19.1 Å². The summed E-state index contributed by atoms with van der Waals surface area (Å²) in [4.78, 5) is 12.0. The van der Waals surface area contributed by atoms with Gasteiger partial charge in [-0.2, -0.15) is 0 Å². The van der Waals surface area contributed by atoms with E-state index in [-0.39, 0.29) is 24.2 Å². The normalized spacial score (nSPS) is 10.4. The van der Waals surface area contributed by atoms with E-state index in [1.165, 1.54) is 0 Å². The molecule has 0 aliphatic carbocycles. The first kappa shape index (κ1) is 20.9. The number of ether oxygens (including phenoxy) is 1. The Labute approximate surface area is 178 Å². The molecule has 150 valence electrons. The Kier molecular flexibility index (Phi) is 6.87. The fourth-order valence-electron chi connectivity index (χ4n) is 2.51. The van der Waals surface area contributed by atoms with E-state index in [2.05, 4.69) is 10.6 Å². The van der Waals surface area contributed by atoms with E-state index in [0.717, 1.165) is 5.56 Å². The minimum atomic E-state index is -0.379. The molecule has 2 aromatic carbocycles. The van der Waals surface area contributed by atoms with E-state index in [1.54, 1.807) is 42.5 Å². The Bertz CT molecular complexity index is 1020. The Hall–Kier alpha value is -2.87. The average molecular weight is 431 g/mol. The zero-order chi connectivity index (χ0) is 20.8.